The molecule has 0 unspecified atom stereocenters. The van der Waals surface area contributed by atoms with E-state index in [0.717, 1.165) is 11.1 Å². The molecule has 0 nitrogen and oxygen atoms in total. The lowest BCUT2D eigenvalue weighted by molar-refractivity contribution is 1.44. The van der Waals surface area contributed by atoms with E-state index in [1.54, 1.807) is 6.07 Å². The first-order valence-electron chi connectivity index (χ1n) is 4.79. The smallest absolute Gasteiger partial charge is 0.0426 e. The molecule has 0 N–H and O–H groups in total. The normalized spacial score (nSPS) is 10.5. The van der Waals surface area contributed by atoms with E-state index in [2.05, 4.69) is 47.7 Å². The van der Waals surface area contributed by atoms with Crippen molar-refractivity contribution in [1.29, 1.82) is 0 Å². The molecule has 0 spiro atoms. The van der Waals surface area contributed by atoms with E-state index in [0.29, 0.717) is 10.0 Å². The van der Waals surface area contributed by atoms with Crippen LogP contribution in [0.1, 0.15) is 5.56 Å². The molecule has 0 bridgehead atoms. The molecule has 2 aromatic carbocycles. The largest absolute Gasteiger partial charge is 0.0843 e. The van der Waals surface area contributed by atoms with Crippen molar-refractivity contribution in [3.63, 3.8) is 0 Å². The molecule has 0 aliphatic rings. The molecule has 0 amide bonds. The number of rotatable bonds is 1. The van der Waals surface area contributed by atoms with Gasteiger partial charge in [0.15, 0.2) is 0 Å². The molecule has 16 heavy (non-hydrogen) atoms. The standard InChI is InChI=1S/C13H9Cl2I/c1-8-2-3-12(13(16)4-8)9-5-10(14)7-11(15)6-9/h2-7H,1H3. The first-order valence-corrected chi connectivity index (χ1v) is 6.62. The molecule has 3 heteroatoms. The molecule has 0 saturated heterocycles. The Hall–Kier alpha value is -0.250. The minimum atomic E-state index is 0.666. The quantitative estimate of drug-likeness (QED) is 0.581. The van der Waals surface area contributed by atoms with Crippen molar-refractivity contribution in [3.05, 3.63) is 55.6 Å². The lowest BCUT2D eigenvalue weighted by atomic mass is 10.0. The maximum Gasteiger partial charge on any atom is 0.0426 e. The van der Waals surface area contributed by atoms with Gasteiger partial charge in [0, 0.05) is 13.6 Å². The third-order valence-electron chi connectivity index (χ3n) is 2.30. The van der Waals surface area contributed by atoms with E-state index in [1.165, 1.54) is 9.13 Å². The zero-order chi connectivity index (χ0) is 11.7. The summed E-state index contributed by atoms with van der Waals surface area (Å²) in [4.78, 5) is 0. The van der Waals surface area contributed by atoms with Gasteiger partial charge in [-0.05, 0) is 64.9 Å². The predicted molar refractivity (Wildman–Crippen MR) is 79.4 cm³/mol. The average molecular weight is 363 g/mol. The second-order valence-electron chi connectivity index (χ2n) is 3.64. The van der Waals surface area contributed by atoms with Gasteiger partial charge < -0.3 is 0 Å². The molecule has 0 fully saturated rings. The van der Waals surface area contributed by atoms with Gasteiger partial charge in [0.25, 0.3) is 0 Å². The predicted octanol–water partition coefficient (Wildman–Crippen LogP) is 5.57. The van der Waals surface area contributed by atoms with Crippen molar-refractivity contribution >= 4 is 45.8 Å². The highest BCUT2D eigenvalue weighted by Crippen LogP contribution is 2.30. The van der Waals surface area contributed by atoms with Gasteiger partial charge in [-0.15, -0.1) is 0 Å². The van der Waals surface area contributed by atoms with Crippen LogP contribution < -0.4 is 0 Å². The molecule has 2 rings (SSSR count). The maximum atomic E-state index is 6.00. The highest BCUT2D eigenvalue weighted by molar-refractivity contribution is 14.1. The number of halogens is 3. The summed E-state index contributed by atoms with van der Waals surface area (Å²) in [6.07, 6.45) is 0. The Kier molecular flexibility index (Phi) is 3.77. The first-order chi connectivity index (χ1) is 7.56. The van der Waals surface area contributed by atoms with Crippen LogP contribution in [0.3, 0.4) is 0 Å². The molecular weight excluding hydrogens is 354 g/mol. The van der Waals surface area contributed by atoms with Crippen LogP contribution in [0.15, 0.2) is 36.4 Å². The SMILES string of the molecule is Cc1ccc(-c2cc(Cl)cc(Cl)c2)c(I)c1. The fourth-order valence-corrected chi connectivity index (χ4v) is 3.07. The minimum Gasteiger partial charge on any atom is -0.0843 e. The van der Waals surface area contributed by atoms with Gasteiger partial charge in [-0.3, -0.25) is 0 Å². The monoisotopic (exact) mass is 362 g/mol. The Labute approximate surface area is 119 Å². The van der Waals surface area contributed by atoms with E-state index in [4.69, 9.17) is 23.2 Å². The molecular formula is C13H9Cl2I. The van der Waals surface area contributed by atoms with Gasteiger partial charge in [0.2, 0.25) is 0 Å². The first kappa shape index (κ1) is 12.2. The summed E-state index contributed by atoms with van der Waals surface area (Å²) in [5.74, 6) is 0. The lowest BCUT2D eigenvalue weighted by Crippen LogP contribution is -1.84. The molecule has 0 aliphatic heterocycles. The van der Waals surface area contributed by atoms with Crippen LogP contribution in [0.2, 0.25) is 10.0 Å². The van der Waals surface area contributed by atoms with E-state index < -0.39 is 0 Å². The Balaban J connectivity index is 2.58. The number of hydrogen-bond acceptors (Lipinski definition) is 0. The van der Waals surface area contributed by atoms with Crippen molar-refractivity contribution < 1.29 is 0 Å². The Bertz CT molecular complexity index is 515. The van der Waals surface area contributed by atoms with Gasteiger partial charge in [-0.2, -0.15) is 0 Å². The molecule has 0 aliphatic carbocycles. The third kappa shape index (κ3) is 2.70. The van der Waals surface area contributed by atoms with E-state index in [-0.39, 0.29) is 0 Å². The Morgan fingerprint density at radius 2 is 1.56 bits per heavy atom. The summed E-state index contributed by atoms with van der Waals surface area (Å²) < 4.78 is 1.20. The Morgan fingerprint density at radius 1 is 0.938 bits per heavy atom. The molecule has 0 aromatic heterocycles. The average Bonchev–Trinajstić information content (AvgIpc) is 2.15. The van der Waals surface area contributed by atoms with Crippen molar-refractivity contribution in [2.45, 2.75) is 6.92 Å². The Morgan fingerprint density at radius 3 is 2.12 bits per heavy atom. The van der Waals surface area contributed by atoms with Crippen LogP contribution in [0.4, 0.5) is 0 Å². The van der Waals surface area contributed by atoms with Crippen LogP contribution in [0.25, 0.3) is 11.1 Å². The van der Waals surface area contributed by atoms with Crippen molar-refractivity contribution in [1.82, 2.24) is 0 Å². The number of aryl methyl sites for hydroxylation is 1. The topological polar surface area (TPSA) is 0 Å². The van der Waals surface area contributed by atoms with Crippen molar-refractivity contribution in [3.8, 4) is 11.1 Å². The third-order valence-corrected chi connectivity index (χ3v) is 3.63. The summed E-state index contributed by atoms with van der Waals surface area (Å²) in [7, 11) is 0. The van der Waals surface area contributed by atoms with Gasteiger partial charge >= 0.3 is 0 Å². The fourth-order valence-electron chi connectivity index (χ4n) is 1.56. The van der Waals surface area contributed by atoms with Crippen LogP contribution >= 0.6 is 45.8 Å². The zero-order valence-electron chi connectivity index (χ0n) is 8.60. The molecule has 0 heterocycles. The number of hydrogen-bond donors (Lipinski definition) is 0. The van der Waals surface area contributed by atoms with Crippen LogP contribution in [0.5, 0.6) is 0 Å². The van der Waals surface area contributed by atoms with E-state index in [1.807, 2.05) is 12.1 Å². The molecule has 0 radical (unpaired) electrons. The zero-order valence-corrected chi connectivity index (χ0v) is 12.3. The van der Waals surface area contributed by atoms with Crippen LogP contribution in [-0.2, 0) is 0 Å². The van der Waals surface area contributed by atoms with Crippen molar-refractivity contribution in [2.24, 2.45) is 0 Å². The highest BCUT2D eigenvalue weighted by atomic mass is 127. The van der Waals surface area contributed by atoms with Crippen LogP contribution in [0, 0.1) is 10.5 Å². The minimum absolute atomic E-state index is 0.666. The summed E-state index contributed by atoms with van der Waals surface area (Å²) in [5.41, 5.74) is 3.47. The summed E-state index contributed by atoms with van der Waals surface area (Å²) in [6.45, 7) is 2.08. The molecule has 82 valence electrons. The number of benzene rings is 2. The van der Waals surface area contributed by atoms with Gasteiger partial charge in [-0.1, -0.05) is 40.9 Å². The molecule has 0 atom stereocenters. The maximum absolute atomic E-state index is 6.00. The van der Waals surface area contributed by atoms with Gasteiger partial charge in [0.1, 0.15) is 0 Å². The summed E-state index contributed by atoms with van der Waals surface area (Å²) >= 11 is 14.3. The molecule has 2 aromatic rings. The van der Waals surface area contributed by atoms with Crippen LogP contribution in [-0.4, -0.2) is 0 Å². The second kappa shape index (κ2) is 4.94. The fraction of sp³-hybridized carbons (Fsp3) is 0.0769. The van der Waals surface area contributed by atoms with E-state index in [9.17, 15) is 0 Å². The summed E-state index contributed by atoms with van der Waals surface area (Å²) in [5, 5.41) is 1.33. The summed E-state index contributed by atoms with van der Waals surface area (Å²) in [6, 6.07) is 11.9. The van der Waals surface area contributed by atoms with Crippen molar-refractivity contribution in [2.75, 3.05) is 0 Å². The second-order valence-corrected chi connectivity index (χ2v) is 5.68. The molecule has 0 saturated carbocycles. The van der Waals surface area contributed by atoms with Gasteiger partial charge in [-0.25, -0.2) is 0 Å². The van der Waals surface area contributed by atoms with Gasteiger partial charge in [0.05, 0.1) is 0 Å². The highest BCUT2D eigenvalue weighted by Gasteiger charge is 2.05. The van der Waals surface area contributed by atoms with E-state index >= 15 is 0 Å². The lowest BCUT2D eigenvalue weighted by Gasteiger charge is -2.07.